The average Bonchev–Trinajstić information content (AvgIpc) is 2.67. The second kappa shape index (κ2) is 4.73. The summed E-state index contributed by atoms with van der Waals surface area (Å²) in [7, 11) is 0. The maximum absolute atomic E-state index is 11.6. The van der Waals surface area contributed by atoms with Gasteiger partial charge in [0.2, 0.25) is 5.91 Å². The number of hydrogen-bond donors (Lipinski definition) is 4. The third-order valence-corrected chi connectivity index (χ3v) is 2.48. The van der Waals surface area contributed by atoms with Crippen molar-refractivity contribution in [3.8, 4) is 0 Å². The van der Waals surface area contributed by atoms with Crippen LogP contribution in [0.3, 0.4) is 0 Å². The summed E-state index contributed by atoms with van der Waals surface area (Å²) in [5.41, 5.74) is 6.83. The van der Waals surface area contributed by atoms with Crippen LogP contribution in [0, 0.1) is 0 Å². The van der Waals surface area contributed by atoms with Gasteiger partial charge in [0.1, 0.15) is 0 Å². The highest BCUT2D eigenvalue weighted by Crippen LogP contribution is 2.10. The average molecular weight is 234 g/mol. The molecule has 1 atom stereocenters. The molecule has 1 saturated heterocycles. The third-order valence-electron chi connectivity index (χ3n) is 2.48. The van der Waals surface area contributed by atoms with Crippen molar-refractivity contribution in [3.63, 3.8) is 0 Å². The molecule has 0 radical (unpaired) electrons. The first-order valence-corrected chi connectivity index (χ1v) is 5.33. The van der Waals surface area contributed by atoms with E-state index in [9.17, 15) is 9.59 Å². The van der Waals surface area contributed by atoms with Gasteiger partial charge >= 0.3 is 6.03 Å². The van der Waals surface area contributed by atoms with Gasteiger partial charge in [-0.05, 0) is 24.3 Å². The molecule has 0 saturated carbocycles. The molecular formula is C11H14N4O2. The molecule has 1 aromatic carbocycles. The van der Waals surface area contributed by atoms with Crippen molar-refractivity contribution in [2.24, 2.45) is 0 Å². The van der Waals surface area contributed by atoms with Crippen LogP contribution < -0.4 is 21.7 Å². The Morgan fingerprint density at radius 2 is 2.06 bits per heavy atom. The molecule has 0 aliphatic carbocycles. The van der Waals surface area contributed by atoms with Gasteiger partial charge in [0.05, 0.1) is 6.04 Å². The molecule has 6 heteroatoms. The second-order valence-electron chi connectivity index (χ2n) is 3.93. The number of carbonyl (C=O) groups excluding carboxylic acids is 2. The van der Waals surface area contributed by atoms with E-state index >= 15 is 0 Å². The maximum atomic E-state index is 11.6. The lowest BCUT2D eigenvalue weighted by molar-refractivity contribution is -0.119. The summed E-state index contributed by atoms with van der Waals surface area (Å²) in [4.78, 5) is 22.5. The third kappa shape index (κ3) is 3.10. The number of amides is 3. The van der Waals surface area contributed by atoms with Crippen LogP contribution in [0.25, 0.3) is 0 Å². The molecule has 1 heterocycles. The van der Waals surface area contributed by atoms with E-state index in [-0.39, 0.29) is 18.0 Å². The zero-order valence-electron chi connectivity index (χ0n) is 9.19. The quantitative estimate of drug-likeness (QED) is 0.553. The number of rotatable bonds is 2. The van der Waals surface area contributed by atoms with Crippen LogP contribution in [0.1, 0.15) is 6.42 Å². The lowest BCUT2D eigenvalue weighted by Gasteiger charge is -2.11. The minimum atomic E-state index is -0.323. The first-order chi connectivity index (χ1) is 8.13. The molecule has 1 fully saturated rings. The van der Waals surface area contributed by atoms with Crippen molar-refractivity contribution in [2.45, 2.75) is 12.5 Å². The van der Waals surface area contributed by atoms with Crippen molar-refractivity contribution in [1.82, 2.24) is 10.6 Å². The van der Waals surface area contributed by atoms with E-state index in [1.807, 2.05) is 0 Å². The number of nitrogens with one attached hydrogen (secondary N) is 3. The first kappa shape index (κ1) is 11.3. The van der Waals surface area contributed by atoms with Crippen molar-refractivity contribution < 1.29 is 9.59 Å². The molecule has 90 valence electrons. The molecule has 0 spiro atoms. The summed E-state index contributed by atoms with van der Waals surface area (Å²) < 4.78 is 0. The topological polar surface area (TPSA) is 96.2 Å². The highest BCUT2D eigenvalue weighted by Gasteiger charge is 2.22. The van der Waals surface area contributed by atoms with Gasteiger partial charge in [-0.1, -0.05) is 0 Å². The summed E-state index contributed by atoms with van der Waals surface area (Å²) in [6.07, 6.45) is 0.329. The molecule has 1 aliphatic heterocycles. The maximum Gasteiger partial charge on any atom is 0.319 e. The van der Waals surface area contributed by atoms with Gasteiger partial charge in [-0.25, -0.2) is 4.79 Å². The van der Waals surface area contributed by atoms with Crippen molar-refractivity contribution in [2.75, 3.05) is 17.6 Å². The van der Waals surface area contributed by atoms with E-state index in [1.54, 1.807) is 24.3 Å². The molecule has 0 bridgehead atoms. The molecule has 5 N–H and O–H groups in total. The Morgan fingerprint density at radius 1 is 1.35 bits per heavy atom. The molecule has 17 heavy (non-hydrogen) atoms. The second-order valence-corrected chi connectivity index (χ2v) is 3.93. The largest absolute Gasteiger partial charge is 0.399 e. The normalized spacial score (nSPS) is 18.6. The fourth-order valence-electron chi connectivity index (χ4n) is 1.63. The van der Waals surface area contributed by atoms with E-state index in [0.717, 1.165) is 0 Å². The van der Waals surface area contributed by atoms with Crippen molar-refractivity contribution in [3.05, 3.63) is 24.3 Å². The first-order valence-electron chi connectivity index (χ1n) is 5.33. The summed E-state index contributed by atoms with van der Waals surface area (Å²) >= 11 is 0. The molecule has 0 aromatic heterocycles. The van der Waals surface area contributed by atoms with Gasteiger partial charge in [-0.2, -0.15) is 0 Å². The van der Waals surface area contributed by atoms with Crippen molar-refractivity contribution in [1.29, 1.82) is 0 Å². The van der Waals surface area contributed by atoms with Gasteiger partial charge in [0, 0.05) is 24.3 Å². The summed E-state index contributed by atoms with van der Waals surface area (Å²) in [6, 6.07) is 6.37. The van der Waals surface area contributed by atoms with Crippen LogP contribution in [0.2, 0.25) is 0 Å². The van der Waals surface area contributed by atoms with E-state index in [1.165, 1.54) is 0 Å². The Hall–Kier alpha value is -2.24. The van der Waals surface area contributed by atoms with E-state index in [2.05, 4.69) is 16.0 Å². The van der Waals surface area contributed by atoms with E-state index in [4.69, 9.17) is 5.73 Å². The minimum Gasteiger partial charge on any atom is -0.399 e. The Bertz CT molecular complexity index is 430. The number of anilines is 2. The zero-order chi connectivity index (χ0) is 12.3. The lowest BCUT2D eigenvalue weighted by Crippen LogP contribution is -2.39. The molecule has 1 aromatic rings. The van der Waals surface area contributed by atoms with Crippen LogP contribution in [0.15, 0.2) is 24.3 Å². The minimum absolute atomic E-state index is 0.0391. The standard InChI is InChI=1S/C11H14N4O2/c12-7-1-3-8(4-2-7)14-11(17)15-9-5-10(16)13-6-9/h1-4,9H,5-6,12H2,(H,13,16)(H2,14,15,17). The van der Waals surface area contributed by atoms with E-state index < -0.39 is 0 Å². The highest BCUT2D eigenvalue weighted by molar-refractivity contribution is 5.90. The number of hydrogen-bond acceptors (Lipinski definition) is 3. The molecule has 1 aliphatic rings. The lowest BCUT2D eigenvalue weighted by atomic mass is 10.2. The Morgan fingerprint density at radius 3 is 2.65 bits per heavy atom. The van der Waals surface area contributed by atoms with Gasteiger partial charge in [0.15, 0.2) is 0 Å². The summed E-state index contributed by atoms with van der Waals surface area (Å²) in [6.45, 7) is 0.480. The number of nitrogen functional groups attached to an aromatic ring is 1. The fraction of sp³-hybridized carbons (Fsp3) is 0.273. The molecular weight excluding hydrogens is 220 g/mol. The van der Waals surface area contributed by atoms with Crippen LogP contribution in [0.4, 0.5) is 16.2 Å². The number of benzene rings is 1. The van der Waals surface area contributed by atoms with Gasteiger partial charge in [0.25, 0.3) is 0 Å². The molecule has 6 nitrogen and oxygen atoms in total. The predicted molar refractivity (Wildman–Crippen MR) is 64.4 cm³/mol. The molecule has 3 amide bonds. The molecule has 1 unspecified atom stereocenters. The Kier molecular flexibility index (Phi) is 3.13. The number of nitrogens with two attached hydrogens (primary N) is 1. The highest BCUT2D eigenvalue weighted by atomic mass is 16.2. The van der Waals surface area contributed by atoms with Gasteiger partial charge in [-0.3, -0.25) is 4.79 Å². The van der Waals surface area contributed by atoms with E-state index in [0.29, 0.717) is 24.3 Å². The molecule has 2 rings (SSSR count). The Balaban J connectivity index is 1.85. The van der Waals surface area contributed by atoms with Crippen molar-refractivity contribution >= 4 is 23.3 Å². The van der Waals surface area contributed by atoms with Gasteiger partial charge in [-0.15, -0.1) is 0 Å². The SMILES string of the molecule is Nc1ccc(NC(=O)NC2CNC(=O)C2)cc1. The number of urea groups is 1. The Labute approximate surface area is 98.6 Å². The van der Waals surface area contributed by atoms with Gasteiger partial charge < -0.3 is 21.7 Å². The van der Waals surface area contributed by atoms with Crippen LogP contribution in [-0.2, 0) is 4.79 Å². The smallest absolute Gasteiger partial charge is 0.319 e. The fourth-order valence-corrected chi connectivity index (χ4v) is 1.63. The zero-order valence-corrected chi connectivity index (χ0v) is 9.19. The number of carbonyl (C=O) groups is 2. The van der Waals surface area contributed by atoms with Crippen LogP contribution in [0.5, 0.6) is 0 Å². The predicted octanol–water partition coefficient (Wildman–Crippen LogP) is 0.279. The monoisotopic (exact) mass is 234 g/mol. The summed E-state index contributed by atoms with van der Waals surface area (Å²) in [5.74, 6) is -0.0391. The van der Waals surface area contributed by atoms with Crippen LogP contribution in [-0.4, -0.2) is 24.5 Å². The van der Waals surface area contributed by atoms with Crippen LogP contribution >= 0.6 is 0 Å². The summed E-state index contributed by atoms with van der Waals surface area (Å²) in [5, 5.41) is 8.02.